The van der Waals surface area contributed by atoms with Gasteiger partial charge in [-0.2, -0.15) is 0 Å². The molecule has 134 valence electrons. The first-order valence-corrected chi connectivity index (χ1v) is 8.46. The Balaban J connectivity index is 1.65. The number of hydrogen-bond donors (Lipinski definition) is 0. The van der Waals surface area contributed by atoms with Gasteiger partial charge in [-0.25, -0.2) is 4.98 Å². The van der Waals surface area contributed by atoms with Crippen LogP contribution in [-0.4, -0.2) is 53.3 Å². The Labute approximate surface area is 147 Å². The van der Waals surface area contributed by atoms with E-state index in [2.05, 4.69) is 28.9 Å². The third-order valence-corrected chi connectivity index (χ3v) is 4.16. The Bertz CT molecular complexity index is 718. The van der Waals surface area contributed by atoms with Gasteiger partial charge < -0.3 is 19.1 Å². The van der Waals surface area contributed by atoms with Crippen LogP contribution in [0.1, 0.15) is 35.7 Å². The highest BCUT2D eigenvalue weighted by atomic mass is 16.5. The van der Waals surface area contributed by atoms with E-state index in [9.17, 15) is 4.79 Å². The predicted octanol–water partition coefficient (Wildman–Crippen LogP) is 2.26. The number of morpholine rings is 1. The quantitative estimate of drug-likeness (QED) is 0.847. The number of nitrogens with zero attached hydrogens (tertiary/aromatic N) is 4. The molecule has 0 aliphatic carbocycles. The zero-order chi connectivity index (χ0) is 18.0. The predicted molar refractivity (Wildman–Crippen MR) is 93.5 cm³/mol. The van der Waals surface area contributed by atoms with E-state index in [1.165, 1.54) is 0 Å². The van der Waals surface area contributed by atoms with Crippen molar-refractivity contribution in [1.29, 1.82) is 0 Å². The van der Waals surface area contributed by atoms with Gasteiger partial charge in [-0.1, -0.05) is 5.16 Å². The molecule has 0 N–H and O–H groups in total. The number of rotatable bonds is 4. The second kappa shape index (κ2) is 7.23. The van der Waals surface area contributed by atoms with E-state index in [0.29, 0.717) is 12.1 Å². The second-order valence-electron chi connectivity index (χ2n) is 6.66. The molecule has 2 atom stereocenters. The van der Waals surface area contributed by atoms with Gasteiger partial charge in [0.05, 0.1) is 24.3 Å². The van der Waals surface area contributed by atoms with E-state index < -0.39 is 0 Å². The van der Waals surface area contributed by atoms with Crippen molar-refractivity contribution < 1.29 is 14.1 Å². The molecule has 3 rings (SSSR count). The van der Waals surface area contributed by atoms with Crippen molar-refractivity contribution in [2.75, 3.05) is 25.0 Å². The Morgan fingerprint density at radius 3 is 2.60 bits per heavy atom. The molecule has 0 radical (unpaired) electrons. The van der Waals surface area contributed by atoms with Crippen molar-refractivity contribution in [1.82, 2.24) is 15.0 Å². The number of aromatic nitrogens is 2. The summed E-state index contributed by atoms with van der Waals surface area (Å²) >= 11 is 0. The highest BCUT2D eigenvalue weighted by Gasteiger charge is 2.23. The summed E-state index contributed by atoms with van der Waals surface area (Å²) in [5.74, 6) is 1.51. The van der Waals surface area contributed by atoms with Crippen LogP contribution in [0.2, 0.25) is 0 Å². The smallest absolute Gasteiger partial charge is 0.255 e. The largest absolute Gasteiger partial charge is 0.372 e. The van der Waals surface area contributed by atoms with Crippen LogP contribution < -0.4 is 4.90 Å². The molecular weight excluding hydrogens is 320 g/mol. The molecule has 0 unspecified atom stereocenters. The maximum Gasteiger partial charge on any atom is 0.255 e. The first-order chi connectivity index (χ1) is 11.9. The van der Waals surface area contributed by atoms with Crippen LogP contribution in [0.3, 0.4) is 0 Å². The lowest BCUT2D eigenvalue weighted by Crippen LogP contribution is -2.45. The molecule has 1 fully saturated rings. The minimum absolute atomic E-state index is 0.0941. The molecule has 0 saturated carbocycles. The summed E-state index contributed by atoms with van der Waals surface area (Å²) < 4.78 is 10.8. The van der Waals surface area contributed by atoms with E-state index >= 15 is 0 Å². The summed E-state index contributed by atoms with van der Waals surface area (Å²) in [6.07, 6.45) is 1.97. The molecule has 7 heteroatoms. The normalized spacial score (nSPS) is 20.6. The van der Waals surface area contributed by atoms with Gasteiger partial charge in [0.1, 0.15) is 17.3 Å². The van der Waals surface area contributed by atoms with E-state index in [1.54, 1.807) is 18.1 Å². The van der Waals surface area contributed by atoms with E-state index in [0.717, 1.165) is 30.4 Å². The van der Waals surface area contributed by atoms with Gasteiger partial charge in [-0.05, 0) is 32.9 Å². The van der Waals surface area contributed by atoms with Crippen LogP contribution in [0.4, 0.5) is 5.82 Å². The molecule has 0 bridgehead atoms. The Morgan fingerprint density at radius 1 is 1.32 bits per heavy atom. The van der Waals surface area contributed by atoms with E-state index in [4.69, 9.17) is 9.26 Å². The van der Waals surface area contributed by atoms with E-state index in [1.807, 2.05) is 25.1 Å². The standard InChI is InChI=1S/C18H24N4O3/c1-12-7-16(20-25-12)11-21(4)18(23)15-5-6-17(19-8-15)22-9-13(2)24-14(3)10-22/h5-8,13-14H,9-11H2,1-4H3/t13-,14-/m1/s1. The summed E-state index contributed by atoms with van der Waals surface area (Å²) in [7, 11) is 1.74. The molecule has 1 amide bonds. The Hall–Kier alpha value is -2.41. The fourth-order valence-corrected chi connectivity index (χ4v) is 3.09. The lowest BCUT2D eigenvalue weighted by Gasteiger charge is -2.36. The molecule has 3 heterocycles. The van der Waals surface area contributed by atoms with Gasteiger partial charge in [-0.15, -0.1) is 0 Å². The van der Waals surface area contributed by atoms with Gasteiger partial charge in [-0.3, -0.25) is 4.79 Å². The zero-order valence-electron chi connectivity index (χ0n) is 15.1. The van der Waals surface area contributed by atoms with Crippen LogP contribution in [-0.2, 0) is 11.3 Å². The van der Waals surface area contributed by atoms with Crippen molar-refractivity contribution in [3.8, 4) is 0 Å². The van der Waals surface area contributed by atoms with Gasteiger partial charge in [0.2, 0.25) is 0 Å². The third kappa shape index (κ3) is 4.17. The van der Waals surface area contributed by atoms with Crippen LogP contribution in [0.5, 0.6) is 0 Å². The number of anilines is 1. The summed E-state index contributed by atoms with van der Waals surface area (Å²) in [5.41, 5.74) is 1.29. The van der Waals surface area contributed by atoms with Crippen molar-refractivity contribution in [2.24, 2.45) is 0 Å². The number of hydrogen-bond acceptors (Lipinski definition) is 6. The molecule has 2 aromatic rings. The lowest BCUT2D eigenvalue weighted by molar-refractivity contribution is -0.00546. The summed E-state index contributed by atoms with van der Waals surface area (Å²) in [5, 5.41) is 3.92. The fourth-order valence-electron chi connectivity index (χ4n) is 3.09. The van der Waals surface area contributed by atoms with Crippen LogP contribution in [0, 0.1) is 6.92 Å². The number of ether oxygens (including phenoxy) is 1. The van der Waals surface area contributed by atoms with Crippen LogP contribution in [0.15, 0.2) is 28.9 Å². The Kier molecular flexibility index (Phi) is 5.03. The molecule has 1 saturated heterocycles. The molecule has 1 aliphatic rings. The molecule has 1 aliphatic heterocycles. The van der Waals surface area contributed by atoms with Crippen molar-refractivity contribution in [3.05, 3.63) is 41.4 Å². The number of carbonyl (C=O) groups is 1. The maximum atomic E-state index is 12.5. The van der Waals surface area contributed by atoms with Crippen LogP contribution in [0.25, 0.3) is 0 Å². The number of carbonyl (C=O) groups excluding carboxylic acids is 1. The fraction of sp³-hybridized carbons (Fsp3) is 0.500. The SMILES string of the molecule is Cc1cc(CN(C)C(=O)c2ccc(N3C[C@@H](C)O[C@H](C)C3)nc2)no1. The second-order valence-corrected chi connectivity index (χ2v) is 6.66. The molecule has 0 spiro atoms. The molecule has 7 nitrogen and oxygen atoms in total. The number of aryl methyl sites for hydroxylation is 1. The summed E-state index contributed by atoms with van der Waals surface area (Å²) in [4.78, 5) is 20.8. The number of amides is 1. The molecular formula is C18H24N4O3. The first-order valence-electron chi connectivity index (χ1n) is 8.46. The average Bonchev–Trinajstić information content (AvgIpc) is 2.98. The minimum Gasteiger partial charge on any atom is -0.372 e. The molecule has 2 aromatic heterocycles. The summed E-state index contributed by atoms with van der Waals surface area (Å²) in [6, 6.07) is 5.54. The lowest BCUT2D eigenvalue weighted by atomic mass is 10.2. The zero-order valence-corrected chi connectivity index (χ0v) is 15.1. The van der Waals surface area contributed by atoms with Crippen LogP contribution >= 0.6 is 0 Å². The molecule has 25 heavy (non-hydrogen) atoms. The highest BCUT2D eigenvalue weighted by Crippen LogP contribution is 2.19. The summed E-state index contributed by atoms with van der Waals surface area (Å²) in [6.45, 7) is 7.94. The van der Waals surface area contributed by atoms with Gasteiger partial charge in [0, 0.05) is 32.4 Å². The highest BCUT2D eigenvalue weighted by molar-refractivity contribution is 5.93. The van der Waals surface area contributed by atoms with Crippen molar-refractivity contribution in [2.45, 2.75) is 39.5 Å². The van der Waals surface area contributed by atoms with Gasteiger partial charge in [0.15, 0.2) is 0 Å². The maximum absolute atomic E-state index is 12.5. The Morgan fingerprint density at radius 2 is 2.04 bits per heavy atom. The third-order valence-electron chi connectivity index (χ3n) is 4.16. The molecule has 0 aromatic carbocycles. The monoisotopic (exact) mass is 344 g/mol. The number of pyridine rings is 1. The van der Waals surface area contributed by atoms with Crippen molar-refractivity contribution >= 4 is 11.7 Å². The van der Waals surface area contributed by atoms with E-state index in [-0.39, 0.29) is 18.1 Å². The van der Waals surface area contributed by atoms with Crippen molar-refractivity contribution in [3.63, 3.8) is 0 Å². The first kappa shape index (κ1) is 17.4. The minimum atomic E-state index is -0.0941. The average molecular weight is 344 g/mol. The van der Waals surface area contributed by atoms with Gasteiger partial charge in [0.25, 0.3) is 5.91 Å². The van der Waals surface area contributed by atoms with Gasteiger partial charge >= 0.3 is 0 Å². The topological polar surface area (TPSA) is 71.7 Å².